The van der Waals surface area contributed by atoms with Crippen molar-refractivity contribution in [2.75, 3.05) is 13.2 Å². The molecule has 0 saturated carbocycles. The van der Waals surface area contributed by atoms with Crippen LogP contribution in [0.2, 0.25) is 0 Å². The van der Waals surface area contributed by atoms with Crippen LogP contribution in [-0.4, -0.2) is 47.6 Å². The standard InChI is InChI=1S/C42H74O6/c1-3-5-7-9-11-13-14-15-16-17-18-19-21-23-27-32-36-42(46)48-40(37-43)38-47-41(45)35-31-28-24-26-30-34-39(44)33-29-25-22-20-12-10-8-6-4-2/h12,20,24-26,29-30,34,39-40,43-44H,3-11,13-19,21-23,27-28,31-33,35-38H2,1-2H3/b20-12-,26-24+,29-25-,34-30-/t39?,40-/m0/s1. The Morgan fingerprint density at radius 2 is 1.10 bits per heavy atom. The van der Waals surface area contributed by atoms with Gasteiger partial charge in [0, 0.05) is 12.8 Å². The summed E-state index contributed by atoms with van der Waals surface area (Å²) in [5, 5.41) is 19.6. The highest BCUT2D eigenvalue weighted by Gasteiger charge is 2.16. The molecule has 0 aliphatic carbocycles. The minimum Gasteiger partial charge on any atom is -0.462 e. The Morgan fingerprint density at radius 1 is 0.583 bits per heavy atom. The molecule has 0 aliphatic rings. The highest BCUT2D eigenvalue weighted by molar-refractivity contribution is 5.70. The lowest BCUT2D eigenvalue weighted by molar-refractivity contribution is -0.161. The fraction of sp³-hybridized carbons (Fsp3) is 0.762. The molecule has 0 aliphatic heterocycles. The Balaban J connectivity index is 3.73. The van der Waals surface area contributed by atoms with Crippen molar-refractivity contribution in [1.29, 1.82) is 0 Å². The van der Waals surface area contributed by atoms with E-state index in [0.29, 0.717) is 25.7 Å². The molecule has 0 amide bonds. The molecule has 0 aromatic heterocycles. The van der Waals surface area contributed by atoms with Crippen LogP contribution in [-0.2, 0) is 19.1 Å². The molecule has 2 atom stereocenters. The average Bonchev–Trinajstić information content (AvgIpc) is 3.08. The average molecular weight is 675 g/mol. The number of carbonyl (C=O) groups excluding carboxylic acids is 2. The second-order valence-electron chi connectivity index (χ2n) is 13.2. The molecular weight excluding hydrogens is 600 g/mol. The third-order valence-corrected chi connectivity index (χ3v) is 8.46. The van der Waals surface area contributed by atoms with Crippen LogP contribution in [0.5, 0.6) is 0 Å². The van der Waals surface area contributed by atoms with Gasteiger partial charge in [-0.2, -0.15) is 0 Å². The lowest BCUT2D eigenvalue weighted by Crippen LogP contribution is -2.28. The highest BCUT2D eigenvalue weighted by Crippen LogP contribution is 2.14. The van der Waals surface area contributed by atoms with Gasteiger partial charge in [-0.25, -0.2) is 0 Å². The van der Waals surface area contributed by atoms with Crippen LogP contribution < -0.4 is 0 Å². The van der Waals surface area contributed by atoms with Crippen LogP contribution in [0.25, 0.3) is 0 Å². The minimum atomic E-state index is -0.819. The monoisotopic (exact) mass is 675 g/mol. The molecular formula is C42H74O6. The Labute approximate surface area is 295 Å². The molecule has 48 heavy (non-hydrogen) atoms. The maximum atomic E-state index is 12.2. The number of hydrogen-bond acceptors (Lipinski definition) is 6. The number of allylic oxidation sites excluding steroid dienone is 6. The van der Waals surface area contributed by atoms with Crippen molar-refractivity contribution in [3.05, 3.63) is 48.6 Å². The zero-order valence-electron chi connectivity index (χ0n) is 31.1. The number of carbonyl (C=O) groups is 2. The third-order valence-electron chi connectivity index (χ3n) is 8.46. The topological polar surface area (TPSA) is 93.1 Å². The maximum Gasteiger partial charge on any atom is 0.306 e. The van der Waals surface area contributed by atoms with Gasteiger partial charge in [-0.15, -0.1) is 0 Å². The van der Waals surface area contributed by atoms with Gasteiger partial charge in [0.2, 0.25) is 0 Å². The zero-order chi connectivity index (χ0) is 35.2. The number of aliphatic hydroxyl groups is 2. The van der Waals surface area contributed by atoms with E-state index in [1.165, 1.54) is 103 Å². The van der Waals surface area contributed by atoms with Crippen molar-refractivity contribution < 1.29 is 29.3 Å². The largest absolute Gasteiger partial charge is 0.462 e. The van der Waals surface area contributed by atoms with Gasteiger partial charge in [0.15, 0.2) is 6.10 Å². The van der Waals surface area contributed by atoms with Gasteiger partial charge < -0.3 is 19.7 Å². The van der Waals surface area contributed by atoms with Crippen LogP contribution in [0.4, 0.5) is 0 Å². The second kappa shape index (κ2) is 37.6. The van der Waals surface area contributed by atoms with E-state index in [2.05, 4.69) is 32.1 Å². The van der Waals surface area contributed by atoms with E-state index in [0.717, 1.165) is 32.1 Å². The predicted molar refractivity (Wildman–Crippen MR) is 202 cm³/mol. The van der Waals surface area contributed by atoms with E-state index in [-0.39, 0.29) is 31.6 Å². The molecule has 0 heterocycles. The summed E-state index contributed by atoms with van der Waals surface area (Å²) in [5.74, 6) is -0.718. The number of ether oxygens (including phenoxy) is 2. The van der Waals surface area contributed by atoms with Crippen molar-refractivity contribution in [2.45, 2.75) is 193 Å². The van der Waals surface area contributed by atoms with Crippen LogP contribution in [0.3, 0.4) is 0 Å². The summed E-state index contributed by atoms with van der Waals surface area (Å²) in [6.45, 7) is 3.98. The summed E-state index contributed by atoms with van der Waals surface area (Å²) in [7, 11) is 0. The SMILES string of the molecule is CCCCC/C=C\C/C=C\CC(O)/C=C\C=C\CCCC(=O)OC[C@H](CO)OC(=O)CCCCCCCCCCCCCCCCCC. The van der Waals surface area contributed by atoms with Gasteiger partial charge in [0.25, 0.3) is 0 Å². The summed E-state index contributed by atoms with van der Waals surface area (Å²) < 4.78 is 10.5. The summed E-state index contributed by atoms with van der Waals surface area (Å²) in [6.07, 6.45) is 43.4. The third kappa shape index (κ3) is 35.1. The quantitative estimate of drug-likeness (QED) is 0.0301. The number of rotatable bonds is 35. The number of esters is 2. The molecule has 0 aromatic rings. The smallest absolute Gasteiger partial charge is 0.306 e. The van der Waals surface area contributed by atoms with E-state index in [1.807, 2.05) is 24.3 Å². The number of hydrogen-bond donors (Lipinski definition) is 2. The van der Waals surface area contributed by atoms with Crippen molar-refractivity contribution in [3.63, 3.8) is 0 Å². The molecule has 0 radical (unpaired) electrons. The molecule has 278 valence electrons. The van der Waals surface area contributed by atoms with Crippen LogP contribution in [0.1, 0.15) is 181 Å². The summed E-state index contributed by atoms with van der Waals surface area (Å²) >= 11 is 0. The van der Waals surface area contributed by atoms with E-state index in [9.17, 15) is 19.8 Å². The van der Waals surface area contributed by atoms with Gasteiger partial charge in [0.1, 0.15) is 6.61 Å². The minimum absolute atomic E-state index is 0.125. The Kier molecular flexibility index (Phi) is 35.9. The van der Waals surface area contributed by atoms with Gasteiger partial charge in [-0.05, 0) is 44.9 Å². The molecule has 6 heteroatoms. The Bertz CT molecular complexity index is 830. The molecule has 0 saturated heterocycles. The van der Waals surface area contributed by atoms with Crippen molar-refractivity contribution in [1.82, 2.24) is 0 Å². The van der Waals surface area contributed by atoms with Crippen LogP contribution in [0, 0.1) is 0 Å². The first-order valence-corrected chi connectivity index (χ1v) is 19.8. The Morgan fingerprint density at radius 3 is 1.71 bits per heavy atom. The molecule has 0 fully saturated rings. The first kappa shape index (κ1) is 45.8. The molecule has 0 aromatic carbocycles. The van der Waals surface area contributed by atoms with E-state index >= 15 is 0 Å². The maximum absolute atomic E-state index is 12.2. The van der Waals surface area contributed by atoms with Crippen molar-refractivity contribution in [3.8, 4) is 0 Å². The van der Waals surface area contributed by atoms with Crippen LogP contribution in [0.15, 0.2) is 48.6 Å². The highest BCUT2D eigenvalue weighted by atomic mass is 16.6. The summed E-state index contributed by atoms with van der Waals surface area (Å²) in [4.78, 5) is 24.2. The number of aliphatic hydroxyl groups excluding tert-OH is 2. The lowest BCUT2D eigenvalue weighted by atomic mass is 10.0. The fourth-order valence-electron chi connectivity index (χ4n) is 5.39. The Hall–Kier alpha value is -2.18. The summed E-state index contributed by atoms with van der Waals surface area (Å²) in [5.41, 5.74) is 0. The first-order valence-electron chi connectivity index (χ1n) is 19.8. The number of unbranched alkanes of at least 4 members (excludes halogenated alkanes) is 19. The van der Waals surface area contributed by atoms with Crippen molar-refractivity contribution in [2.24, 2.45) is 0 Å². The van der Waals surface area contributed by atoms with E-state index in [1.54, 1.807) is 6.08 Å². The van der Waals surface area contributed by atoms with Gasteiger partial charge in [-0.1, -0.05) is 172 Å². The van der Waals surface area contributed by atoms with Crippen molar-refractivity contribution >= 4 is 11.9 Å². The molecule has 0 rings (SSSR count). The molecule has 0 spiro atoms. The fourth-order valence-corrected chi connectivity index (χ4v) is 5.39. The predicted octanol–water partition coefficient (Wildman–Crippen LogP) is 11.2. The second-order valence-corrected chi connectivity index (χ2v) is 13.2. The molecule has 2 N–H and O–H groups in total. The molecule has 1 unspecified atom stereocenters. The van der Waals surface area contributed by atoms with Gasteiger partial charge in [-0.3, -0.25) is 9.59 Å². The summed E-state index contributed by atoms with van der Waals surface area (Å²) in [6, 6.07) is 0. The zero-order valence-corrected chi connectivity index (χ0v) is 31.1. The van der Waals surface area contributed by atoms with Crippen LogP contribution >= 0.6 is 0 Å². The normalized spacial score (nSPS) is 13.3. The van der Waals surface area contributed by atoms with E-state index < -0.39 is 12.2 Å². The lowest BCUT2D eigenvalue weighted by Gasteiger charge is -2.15. The first-order chi connectivity index (χ1) is 23.5. The molecule has 6 nitrogen and oxygen atoms in total. The van der Waals surface area contributed by atoms with Gasteiger partial charge in [0.05, 0.1) is 12.7 Å². The van der Waals surface area contributed by atoms with E-state index in [4.69, 9.17) is 9.47 Å². The molecule has 0 bridgehead atoms. The van der Waals surface area contributed by atoms with Gasteiger partial charge >= 0.3 is 11.9 Å².